The van der Waals surface area contributed by atoms with Crippen molar-refractivity contribution in [1.82, 2.24) is 39.9 Å². The average Bonchev–Trinajstić information content (AvgIpc) is 1.37. The number of nitrogens with zero attached hydrogens (tertiary/aromatic N) is 7. The molecule has 6 aromatic carbocycles. The summed E-state index contributed by atoms with van der Waals surface area (Å²) in [6, 6.07) is 56.2. The van der Waals surface area contributed by atoms with Gasteiger partial charge in [0.1, 0.15) is 35.0 Å². The highest BCUT2D eigenvalue weighted by molar-refractivity contribution is 7.99. The Morgan fingerprint density at radius 2 is 0.722 bits per heavy atom. The summed E-state index contributed by atoms with van der Waals surface area (Å²) >= 11 is 19.5. The summed E-state index contributed by atoms with van der Waals surface area (Å²) in [5, 5.41) is 48.7. The molecule has 12 rings (SSSR count). The predicted molar refractivity (Wildman–Crippen MR) is 395 cm³/mol. The molecule has 0 aliphatic carbocycles. The van der Waals surface area contributed by atoms with Gasteiger partial charge in [0.05, 0.1) is 31.8 Å². The zero-order valence-corrected chi connectivity index (χ0v) is 56.6. The summed E-state index contributed by atoms with van der Waals surface area (Å²) in [6.07, 6.45) is 4.48. The second-order valence-corrected chi connectivity index (χ2v) is 25.4. The number of amides is 3. The number of carbonyl (C=O) groups excluding carboxylic acids is 3. The molecule has 0 unspecified atom stereocenters. The van der Waals surface area contributed by atoms with E-state index in [1.165, 1.54) is 18.6 Å². The fourth-order valence-corrected chi connectivity index (χ4v) is 11.8. The molecule has 0 radical (unpaired) electrons. The number of carbonyl (C=O) groups is 3. The van der Waals surface area contributed by atoms with Gasteiger partial charge >= 0.3 is 0 Å². The van der Waals surface area contributed by atoms with Gasteiger partial charge in [-0.3, -0.25) is 30.6 Å². The summed E-state index contributed by atoms with van der Waals surface area (Å²) in [7, 11) is 2.11. The third-order valence-electron chi connectivity index (χ3n) is 16.1. The maximum Gasteiger partial charge on any atom is 0.258 e. The number of halogens is 3. The number of para-hydroxylation sites is 3. The highest BCUT2D eigenvalue weighted by Crippen LogP contribution is 2.24. The zero-order valence-electron chi connectivity index (χ0n) is 53.6. The molecule has 0 bridgehead atoms. The number of hydrogen-bond acceptors (Lipinski definition) is 15. The minimum absolute atomic E-state index is 0.244. The van der Waals surface area contributed by atoms with E-state index in [-0.39, 0.29) is 17.7 Å². The highest BCUT2D eigenvalue weighted by atomic mass is 35.5. The molecule has 9 aromatic rings. The molecule has 0 atom stereocenters. The van der Waals surface area contributed by atoms with E-state index in [1.807, 2.05) is 139 Å². The van der Waals surface area contributed by atoms with Gasteiger partial charge in [0, 0.05) is 149 Å². The molecule has 3 aliphatic heterocycles. The van der Waals surface area contributed by atoms with Crippen molar-refractivity contribution in [2.24, 2.45) is 0 Å². The number of piperazine rings is 2. The number of amidine groups is 3. The Balaban J connectivity index is 0.000000158. The minimum Gasteiger partial charge on any atom is -0.380 e. The third-order valence-corrected chi connectivity index (χ3v) is 17.7. The number of pyridine rings is 3. The summed E-state index contributed by atoms with van der Waals surface area (Å²) in [6.45, 7) is 10.8. The van der Waals surface area contributed by atoms with Crippen molar-refractivity contribution in [2.45, 2.75) is 19.6 Å². The van der Waals surface area contributed by atoms with Crippen molar-refractivity contribution in [3.05, 3.63) is 266 Å². The van der Waals surface area contributed by atoms with Crippen LogP contribution in [0.4, 0.5) is 34.5 Å². The lowest BCUT2D eigenvalue weighted by Crippen LogP contribution is -2.47. The van der Waals surface area contributed by atoms with Gasteiger partial charge < -0.3 is 56.8 Å². The van der Waals surface area contributed by atoms with E-state index in [9.17, 15) is 14.4 Å². The van der Waals surface area contributed by atoms with Crippen LogP contribution in [0, 0.1) is 16.2 Å². The topological polar surface area (TPSA) is 259 Å². The number of hydrogen-bond donors (Lipinski definition) is 10. The molecule has 498 valence electrons. The molecule has 3 amide bonds. The first-order chi connectivity index (χ1) is 47.2. The first kappa shape index (κ1) is 69.9. The normalized spacial score (nSPS) is 13.7. The lowest BCUT2D eigenvalue weighted by atomic mass is 10.1. The quantitative estimate of drug-likeness (QED) is 0.0283. The molecule has 6 heterocycles. The first-order valence-electron chi connectivity index (χ1n) is 31.7. The van der Waals surface area contributed by atoms with Crippen LogP contribution in [0.25, 0.3) is 0 Å². The molecule has 0 spiro atoms. The van der Waals surface area contributed by atoms with E-state index in [0.717, 1.165) is 127 Å². The molecular weight excluding hydrogens is 1300 g/mol. The van der Waals surface area contributed by atoms with Gasteiger partial charge in [-0.25, -0.2) is 15.0 Å². The lowest BCUT2D eigenvalue weighted by Gasteiger charge is -2.34. The maximum atomic E-state index is 12.8. The molecule has 3 saturated heterocycles. The largest absolute Gasteiger partial charge is 0.380 e. The van der Waals surface area contributed by atoms with Gasteiger partial charge in [0.25, 0.3) is 17.7 Å². The van der Waals surface area contributed by atoms with E-state index in [0.29, 0.717) is 86.4 Å². The number of anilines is 6. The van der Waals surface area contributed by atoms with Crippen molar-refractivity contribution in [1.29, 1.82) is 16.2 Å². The van der Waals surface area contributed by atoms with Crippen molar-refractivity contribution in [3.63, 3.8) is 0 Å². The average molecular weight is 1380 g/mol. The molecule has 24 heteroatoms. The number of benzene rings is 6. The Bertz CT molecular complexity index is 3940. The van der Waals surface area contributed by atoms with Crippen LogP contribution in [0.15, 0.2) is 201 Å². The van der Waals surface area contributed by atoms with Gasteiger partial charge in [-0.2, -0.15) is 11.8 Å². The smallest absolute Gasteiger partial charge is 0.258 e. The Labute approximate surface area is 584 Å². The second kappa shape index (κ2) is 35.2. The van der Waals surface area contributed by atoms with Crippen LogP contribution >= 0.6 is 46.6 Å². The van der Waals surface area contributed by atoms with Gasteiger partial charge in [-0.15, -0.1) is 0 Å². The number of nitrogens with one attached hydrogen (secondary N) is 10. The molecule has 10 N–H and O–H groups in total. The highest BCUT2D eigenvalue weighted by Gasteiger charge is 2.21. The zero-order chi connectivity index (χ0) is 67.9. The van der Waals surface area contributed by atoms with Crippen LogP contribution in [0.2, 0.25) is 15.1 Å². The van der Waals surface area contributed by atoms with Gasteiger partial charge in [-0.1, -0.05) is 144 Å². The molecule has 0 saturated carbocycles. The van der Waals surface area contributed by atoms with E-state index >= 15 is 0 Å². The van der Waals surface area contributed by atoms with E-state index < -0.39 is 0 Å². The number of rotatable bonds is 18. The Kier molecular flexibility index (Phi) is 25.4. The summed E-state index contributed by atoms with van der Waals surface area (Å²) < 4.78 is 0. The fourth-order valence-electron chi connectivity index (χ4n) is 10.6. The number of likely N-dealkylation sites (N-methyl/N-ethyl adjacent to an activating group) is 1. The second-order valence-electron chi connectivity index (χ2n) is 22.9. The number of thioether (sulfide) groups is 1. The van der Waals surface area contributed by atoms with Gasteiger partial charge in [0.15, 0.2) is 0 Å². The van der Waals surface area contributed by atoms with Crippen molar-refractivity contribution >= 4 is 116 Å². The fraction of sp³-hybridized carbons (Fsp3) is 0.219. The molecule has 3 fully saturated rings. The molecule has 97 heavy (non-hydrogen) atoms. The maximum absolute atomic E-state index is 12.8. The van der Waals surface area contributed by atoms with E-state index in [4.69, 9.17) is 51.0 Å². The van der Waals surface area contributed by atoms with Gasteiger partial charge in [-0.05, 0) is 96.5 Å². The lowest BCUT2D eigenvalue weighted by molar-refractivity contribution is 0.101. The molecule has 20 nitrogen and oxygen atoms in total. The van der Waals surface area contributed by atoms with Crippen LogP contribution in [0.3, 0.4) is 0 Å². The minimum atomic E-state index is -0.247. The van der Waals surface area contributed by atoms with Crippen molar-refractivity contribution in [3.8, 4) is 0 Å². The molecule has 3 aromatic heterocycles. The Morgan fingerprint density at radius 3 is 1.04 bits per heavy atom. The Morgan fingerprint density at radius 1 is 0.412 bits per heavy atom. The first-order valence-corrected chi connectivity index (χ1v) is 34.0. The monoisotopic (exact) mass is 1380 g/mol. The Hall–Kier alpha value is -9.87. The van der Waals surface area contributed by atoms with Gasteiger partial charge in [0.2, 0.25) is 0 Å². The molecule has 3 aliphatic rings. The third kappa shape index (κ3) is 20.6. The van der Waals surface area contributed by atoms with E-state index in [2.05, 4.69) is 78.8 Å². The standard InChI is InChI=1S/C25H27ClN6O.C24H25ClN6O.C24H24ClN5OS/c1-31-12-14-32(15-13-31)24(27)19-8-6-18(7-9-19)16-28-22-5-3-2-4-21(22)25(33)30-23-11-10-20(26)17-29-23;25-19-9-10-22(29-16-19)30-24(32)20-3-1-2-4-21(20)28-15-17-5-7-18(8-6-17)23(26)31-13-11-27-12-14-31;25-19-9-10-22(28-16-19)29-24(31)20-3-1-2-4-21(20)27-15-17-5-7-18(8-6-17)23(26)30-11-13-32-14-12-30/h2-11,17,27-28H,12-16H2,1H3,(H,29,30,33);1-10,16,26-28H,11-15H2,(H,29,30,32);1-10,16,26-27H,11-15H2,(H,28,29,31). The van der Waals surface area contributed by atoms with Crippen LogP contribution < -0.4 is 37.2 Å². The van der Waals surface area contributed by atoms with Crippen LogP contribution in [0.5, 0.6) is 0 Å². The van der Waals surface area contributed by atoms with E-state index in [1.54, 1.807) is 54.6 Å². The molecular formula is C73H76Cl3N17O3S. The van der Waals surface area contributed by atoms with Crippen LogP contribution in [-0.2, 0) is 19.6 Å². The summed E-state index contributed by atoms with van der Waals surface area (Å²) in [5.74, 6) is 4.45. The summed E-state index contributed by atoms with van der Waals surface area (Å²) in [4.78, 5) is 59.2. The van der Waals surface area contributed by atoms with Crippen LogP contribution in [-0.4, -0.2) is 154 Å². The van der Waals surface area contributed by atoms with Crippen molar-refractivity contribution in [2.75, 3.05) is 116 Å². The SMILES string of the molecule is CN1CCN(C(=N)c2ccc(CNc3ccccc3C(=O)Nc3ccc(Cl)cn3)cc2)CC1.N=C(c1ccc(CNc2ccccc2C(=O)Nc2ccc(Cl)cn2)cc1)N1CCNCC1.N=C(c1ccc(CNc2ccccc2C(=O)Nc2ccc(Cl)cn2)cc1)N1CCSCC1. The summed E-state index contributed by atoms with van der Waals surface area (Å²) in [5.41, 5.74) is 9.76. The predicted octanol–water partition coefficient (Wildman–Crippen LogP) is 13.0. The van der Waals surface area contributed by atoms with Crippen LogP contribution in [0.1, 0.15) is 64.5 Å². The number of aromatic nitrogens is 3. The van der Waals surface area contributed by atoms with Crippen molar-refractivity contribution < 1.29 is 14.4 Å².